The zero-order chi connectivity index (χ0) is 23.3. The van der Waals surface area contributed by atoms with Crippen LogP contribution in [0.5, 0.6) is 0 Å². The highest BCUT2D eigenvalue weighted by molar-refractivity contribution is 5.89. The number of halogens is 1. The van der Waals surface area contributed by atoms with Gasteiger partial charge >= 0.3 is 5.69 Å². The Morgan fingerprint density at radius 3 is 2.76 bits per heavy atom. The lowest BCUT2D eigenvalue weighted by molar-refractivity contribution is -0.129. The summed E-state index contributed by atoms with van der Waals surface area (Å²) in [6.45, 7) is 1.30. The van der Waals surface area contributed by atoms with Crippen molar-refractivity contribution in [3.05, 3.63) is 76.9 Å². The minimum absolute atomic E-state index is 0.102. The Bertz CT molecular complexity index is 1460. The lowest BCUT2D eigenvalue weighted by atomic mass is 9.77. The first-order valence-electron chi connectivity index (χ1n) is 11.6. The molecular weight excluding hydrogens is 433 g/mol. The van der Waals surface area contributed by atoms with Gasteiger partial charge in [0.1, 0.15) is 17.4 Å². The number of carbonyl (C=O) groups is 1. The number of nitrogens with zero attached hydrogens (tertiary/aromatic N) is 3. The van der Waals surface area contributed by atoms with Gasteiger partial charge in [-0.25, -0.2) is 18.9 Å². The Morgan fingerprint density at radius 1 is 1.15 bits per heavy atom. The molecule has 34 heavy (non-hydrogen) atoms. The van der Waals surface area contributed by atoms with E-state index in [4.69, 9.17) is 0 Å². The van der Waals surface area contributed by atoms with E-state index in [1.54, 1.807) is 18.3 Å². The van der Waals surface area contributed by atoms with Gasteiger partial charge in [-0.2, -0.15) is 5.10 Å². The van der Waals surface area contributed by atoms with Crippen LogP contribution in [0.25, 0.3) is 27.7 Å². The van der Waals surface area contributed by atoms with Crippen molar-refractivity contribution in [3.8, 4) is 16.8 Å². The van der Waals surface area contributed by atoms with E-state index in [9.17, 15) is 9.59 Å². The van der Waals surface area contributed by atoms with Crippen molar-refractivity contribution in [1.82, 2.24) is 25.1 Å². The molecule has 2 aromatic heterocycles. The largest absolute Gasteiger partial charge is 0.348 e. The second-order valence-corrected chi connectivity index (χ2v) is 9.39. The molecule has 7 nitrogen and oxygen atoms in total. The molecule has 4 aromatic rings. The summed E-state index contributed by atoms with van der Waals surface area (Å²) in [6, 6.07) is 14.5. The van der Waals surface area contributed by atoms with Crippen molar-refractivity contribution >= 4 is 16.7 Å². The molecule has 1 saturated heterocycles. The summed E-state index contributed by atoms with van der Waals surface area (Å²) in [5.74, 6) is 0.175. The van der Waals surface area contributed by atoms with Crippen LogP contribution in [0.3, 0.4) is 0 Å². The van der Waals surface area contributed by atoms with E-state index in [1.807, 2.05) is 30.3 Å². The number of aromatic nitrogens is 4. The molecule has 3 heterocycles. The van der Waals surface area contributed by atoms with Gasteiger partial charge in [0.2, 0.25) is 0 Å². The highest BCUT2D eigenvalue weighted by Crippen LogP contribution is 2.42. The van der Waals surface area contributed by atoms with Crippen LogP contribution in [-0.4, -0.2) is 38.6 Å². The molecule has 0 unspecified atom stereocenters. The molecule has 1 aliphatic carbocycles. The van der Waals surface area contributed by atoms with Gasteiger partial charge in [-0.3, -0.25) is 9.78 Å². The van der Waals surface area contributed by atoms with E-state index in [-0.39, 0.29) is 17.4 Å². The molecule has 172 valence electrons. The normalized spacial score (nSPS) is 20.1. The Hall–Kier alpha value is -3.65. The molecule has 1 aliphatic heterocycles. The van der Waals surface area contributed by atoms with E-state index in [2.05, 4.69) is 20.5 Å². The van der Waals surface area contributed by atoms with E-state index in [0.717, 1.165) is 35.9 Å². The number of Topliss-reactive ketones (excluding diaryl/α,β-unsaturated/α-hetero) is 1. The molecule has 1 atom stereocenters. The lowest BCUT2D eigenvalue weighted by Gasteiger charge is -2.26. The fourth-order valence-corrected chi connectivity index (χ4v) is 5.07. The summed E-state index contributed by atoms with van der Waals surface area (Å²) in [5, 5.41) is 10.9. The summed E-state index contributed by atoms with van der Waals surface area (Å²) in [4.78, 5) is 30.2. The van der Waals surface area contributed by atoms with Crippen molar-refractivity contribution < 1.29 is 9.18 Å². The number of carbonyl (C=O) groups excluding carboxylic acids is 1. The SMILES string of the molecule is O=C(C1CC1)[C@]1(Cc2n[nH]c(=O)n2-c2ccc(-c3cnc4ccccc4c3)cc2F)CCNC1. The van der Waals surface area contributed by atoms with Crippen molar-refractivity contribution in [2.45, 2.75) is 25.7 Å². The summed E-state index contributed by atoms with van der Waals surface area (Å²) in [5.41, 5.74) is 1.32. The first-order valence-corrected chi connectivity index (χ1v) is 11.6. The predicted octanol–water partition coefficient (Wildman–Crippen LogP) is 3.42. The first kappa shape index (κ1) is 20.9. The van der Waals surface area contributed by atoms with E-state index in [1.165, 1.54) is 10.6 Å². The molecule has 2 aromatic carbocycles. The van der Waals surface area contributed by atoms with Crippen LogP contribution in [0.15, 0.2) is 59.5 Å². The molecule has 6 rings (SSSR count). The molecule has 2 N–H and O–H groups in total. The number of H-pyrrole nitrogens is 1. The van der Waals surface area contributed by atoms with Gasteiger partial charge in [-0.1, -0.05) is 24.3 Å². The van der Waals surface area contributed by atoms with Gasteiger partial charge < -0.3 is 5.32 Å². The highest BCUT2D eigenvalue weighted by Gasteiger charge is 2.48. The maximum absolute atomic E-state index is 15.4. The highest BCUT2D eigenvalue weighted by atomic mass is 19.1. The average molecular weight is 458 g/mol. The Balaban J connectivity index is 1.36. The predicted molar refractivity (Wildman–Crippen MR) is 126 cm³/mol. The Morgan fingerprint density at radius 2 is 2.00 bits per heavy atom. The van der Waals surface area contributed by atoms with Gasteiger partial charge in [-0.15, -0.1) is 0 Å². The van der Waals surface area contributed by atoms with E-state index >= 15 is 4.39 Å². The third-order valence-corrected chi connectivity index (χ3v) is 7.07. The first-order chi connectivity index (χ1) is 16.5. The van der Waals surface area contributed by atoms with Crippen molar-refractivity contribution in [2.24, 2.45) is 11.3 Å². The Kier molecular flexibility index (Phi) is 4.91. The number of rotatable bonds is 6. The summed E-state index contributed by atoms with van der Waals surface area (Å²) in [7, 11) is 0. The van der Waals surface area contributed by atoms with Crippen LogP contribution in [0.4, 0.5) is 4.39 Å². The van der Waals surface area contributed by atoms with Gasteiger partial charge in [0, 0.05) is 41.4 Å². The minimum Gasteiger partial charge on any atom is -0.316 e. The van der Waals surface area contributed by atoms with Crippen LogP contribution in [-0.2, 0) is 11.2 Å². The van der Waals surface area contributed by atoms with Gasteiger partial charge in [0.25, 0.3) is 0 Å². The third kappa shape index (κ3) is 3.54. The van der Waals surface area contributed by atoms with Gasteiger partial charge in [0.05, 0.1) is 11.2 Å². The second kappa shape index (κ2) is 7.99. The number of nitrogens with one attached hydrogen (secondary N) is 2. The number of benzene rings is 2. The molecule has 0 bridgehead atoms. The third-order valence-electron chi connectivity index (χ3n) is 7.07. The van der Waals surface area contributed by atoms with Crippen LogP contribution >= 0.6 is 0 Å². The van der Waals surface area contributed by atoms with Crippen molar-refractivity contribution in [2.75, 3.05) is 13.1 Å². The molecule has 0 amide bonds. The summed E-state index contributed by atoms with van der Waals surface area (Å²) < 4.78 is 16.6. The number of fused-ring (bicyclic) bond motifs is 1. The zero-order valence-electron chi connectivity index (χ0n) is 18.6. The molecule has 0 spiro atoms. The Labute approximate surface area is 195 Å². The summed E-state index contributed by atoms with van der Waals surface area (Å²) >= 11 is 0. The van der Waals surface area contributed by atoms with Crippen molar-refractivity contribution in [1.29, 1.82) is 0 Å². The number of aromatic amines is 1. The van der Waals surface area contributed by atoms with Gasteiger partial charge in [-0.05, 0) is 55.6 Å². The molecule has 2 aliphatic rings. The molecular formula is C26H24FN5O2. The lowest BCUT2D eigenvalue weighted by Crippen LogP contribution is -2.38. The van der Waals surface area contributed by atoms with E-state index in [0.29, 0.717) is 30.8 Å². The molecule has 1 saturated carbocycles. The van der Waals surface area contributed by atoms with Crippen LogP contribution in [0.2, 0.25) is 0 Å². The fourth-order valence-electron chi connectivity index (χ4n) is 5.07. The standard InChI is InChI=1S/C26H24FN5O2/c27-20-12-17(19-11-18-3-1-2-4-21(18)29-14-19)7-8-22(20)32-23(30-31-25(32)34)13-26(9-10-28-15-26)24(33)16-5-6-16/h1-4,7-8,11-12,14,16,28H,5-6,9-10,13,15H2,(H,31,34)/t26-/m0/s1. The number of hydrogen-bond donors (Lipinski definition) is 2. The average Bonchev–Trinajstić information content (AvgIpc) is 3.50. The molecule has 8 heteroatoms. The topological polar surface area (TPSA) is 92.7 Å². The maximum atomic E-state index is 15.4. The number of pyridine rings is 1. The number of hydrogen-bond acceptors (Lipinski definition) is 5. The number of ketones is 1. The molecule has 0 radical (unpaired) electrons. The van der Waals surface area contributed by atoms with Crippen LogP contribution < -0.4 is 11.0 Å². The maximum Gasteiger partial charge on any atom is 0.348 e. The molecule has 2 fully saturated rings. The van der Waals surface area contributed by atoms with Crippen molar-refractivity contribution in [3.63, 3.8) is 0 Å². The fraction of sp³-hybridized carbons (Fsp3) is 0.308. The van der Waals surface area contributed by atoms with Crippen LogP contribution in [0.1, 0.15) is 25.1 Å². The monoisotopic (exact) mass is 457 g/mol. The summed E-state index contributed by atoms with van der Waals surface area (Å²) in [6.07, 6.45) is 4.55. The van der Waals surface area contributed by atoms with Gasteiger partial charge in [0.15, 0.2) is 0 Å². The second-order valence-electron chi connectivity index (χ2n) is 9.39. The quantitative estimate of drug-likeness (QED) is 0.463. The van der Waals surface area contributed by atoms with Crippen LogP contribution in [0, 0.1) is 17.2 Å². The zero-order valence-corrected chi connectivity index (χ0v) is 18.6. The minimum atomic E-state index is -0.599. The smallest absolute Gasteiger partial charge is 0.316 e. The number of para-hydroxylation sites is 1. The van der Waals surface area contributed by atoms with E-state index < -0.39 is 16.9 Å².